The molecular formula is C19H22ClFN3O+. The number of hydrogen-bond acceptors (Lipinski definition) is 2. The Morgan fingerprint density at radius 3 is 2.64 bits per heavy atom. The molecule has 1 aliphatic heterocycles. The van der Waals surface area contributed by atoms with E-state index in [2.05, 4.69) is 10.2 Å². The van der Waals surface area contributed by atoms with Gasteiger partial charge in [0.15, 0.2) is 6.54 Å². The van der Waals surface area contributed by atoms with Gasteiger partial charge < -0.3 is 15.1 Å². The highest BCUT2D eigenvalue weighted by Crippen LogP contribution is 2.24. The first kappa shape index (κ1) is 17.7. The Hall–Kier alpha value is -2.11. The number of anilines is 2. The second kappa shape index (κ2) is 7.85. The molecule has 0 bridgehead atoms. The van der Waals surface area contributed by atoms with Crippen molar-refractivity contribution in [1.82, 2.24) is 0 Å². The molecule has 0 atom stereocenters. The number of carbonyl (C=O) groups is 1. The summed E-state index contributed by atoms with van der Waals surface area (Å²) in [6, 6.07) is 12.6. The van der Waals surface area contributed by atoms with Crippen LogP contribution in [0.4, 0.5) is 15.8 Å². The summed E-state index contributed by atoms with van der Waals surface area (Å²) in [5, 5.41) is 3.42. The van der Waals surface area contributed by atoms with Crippen molar-refractivity contribution in [3.05, 3.63) is 58.9 Å². The van der Waals surface area contributed by atoms with Gasteiger partial charge in [0.05, 0.1) is 42.6 Å². The molecular weight excluding hydrogens is 341 g/mol. The van der Waals surface area contributed by atoms with E-state index < -0.39 is 5.82 Å². The molecule has 132 valence electrons. The molecule has 0 saturated carbocycles. The average molecular weight is 363 g/mol. The highest BCUT2D eigenvalue weighted by Gasteiger charge is 2.23. The molecule has 6 heteroatoms. The second-order valence-corrected chi connectivity index (χ2v) is 6.80. The molecule has 1 saturated heterocycles. The minimum atomic E-state index is -0.396. The van der Waals surface area contributed by atoms with E-state index in [-0.39, 0.29) is 11.6 Å². The van der Waals surface area contributed by atoms with E-state index in [1.54, 1.807) is 12.1 Å². The highest BCUT2D eigenvalue weighted by atomic mass is 35.5. The number of nitrogens with zero attached hydrogens (tertiary/aromatic N) is 1. The van der Waals surface area contributed by atoms with Crippen LogP contribution >= 0.6 is 11.6 Å². The van der Waals surface area contributed by atoms with E-state index >= 15 is 0 Å². The van der Waals surface area contributed by atoms with Crippen LogP contribution in [0.5, 0.6) is 0 Å². The zero-order chi connectivity index (χ0) is 17.8. The molecule has 0 aromatic heterocycles. The number of piperazine rings is 1. The lowest BCUT2D eigenvalue weighted by atomic mass is 10.2. The van der Waals surface area contributed by atoms with Gasteiger partial charge >= 0.3 is 0 Å². The molecule has 0 unspecified atom stereocenters. The second-order valence-electron chi connectivity index (χ2n) is 6.40. The number of carbonyl (C=O) groups excluding carboxylic acids is 1. The van der Waals surface area contributed by atoms with Crippen molar-refractivity contribution < 1.29 is 14.1 Å². The third kappa shape index (κ3) is 4.50. The Kier molecular flexibility index (Phi) is 5.56. The maximum absolute atomic E-state index is 13.8. The summed E-state index contributed by atoms with van der Waals surface area (Å²) < 4.78 is 13.8. The van der Waals surface area contributed by atoms with Gasteiger partial charge in [-0.3, -0.25) is 4.79 Å². The van der Waals surface area contributed by atoms with Crippen LogP contribution in [0.15, 0.2) is 42.5 Å². The fourth-order valence-electron chi connectivity index (χ4n) is 3.09. The van der Waals surface area contributed by atoms with E-state index in [1.165, 1.54) is 11.0 Å². The zero-order valence-corrected chi connectivity index (χ0v) is 14.9. The largest absolute Gasteiger partial charge is 0.359 e. The van der Waals surface area contributed by atoms with E-state index in [1.807, 2.05) is 31.2 Å². The SMILES string of the molecule is Cc1ccc(NC(=O)C[NH+]2CCN(c3ccccc3Cl)CC2)c(F)c1. The minimum Gasteiger partial charge on any atom is -0.359 e. The topological polar surface area (TPSA) is 36.8 Å². The van der Waals surface area contributed by atoms with Crippen LogP contribution in [-0.4, -0.2) is 38.6 Å². The Balaban J connectivity index is 1.52. The van der Waals surface area contributed by atoms with Crippen LogP contribution in [0.2, 0.25) is 5.02 Å². The normalized spacial score (nSPS) is 15.2. The van der Waals surface area contributed by atoms with Crippen molar-refractivity contribution in [3.63, 3.8) is 0 Å². The van der Waals surface area contributed by atoms with Crippen LogP contribution in [-0.2, 0) is 4.79 Å². The van der Waals surface area contributed by atoms with Gasteiger partial charge in [-0.15, -0.1) is 0 Å². The number of hydrogen-bond donors (Lipinski definition) is 2. The first-order valence-corrected chi connectivity index (χ1v) is 8.80. The van der Waals surface area contributed by atoms with E-state index in [0.717, 1.165) is 42.5 Å². The van der Waals surface area contributed by atoms with Gasteiger partial charge in [0.2, 0.25) is 0 Å². The smallest absolute Gasteiger partial charge is 0.279 e. The van der Waals surface area contributed by atoms with Crippen molar-refractivity contribution in [2.45, 2.75) is 6.92 Å². The Labute approximate surface area is 152 Å². The lowest BCUT2D eigenvalue weighted by Crippen LogP contribution is -3.15. The van der Waals surface area contributed by atoms with Gasteiger partial charge in [0, 0.05) is 0 Å². The number of amides is 1. The molecule has 0 radical (unpaired) electrons. The van der Waals surface area contributed by atoms with Gasteiger partial charge in [-0.1, -0.05) is 29.8 Å². The average Bonchev–Trinajstić information content (AvgIpc) is 2.59. The molecule has 1 amide bonds. The fourth-order valence-corrected chi connectivity index (χ4v) is 3.35. The molecule has 4 nitrogen and oxygen atoms in total. The summed E-state index contributed by atoms with van der Waals surface area (Å²) in [4.78, 5) is 15.6. The fraction of sp³-hybridized carbons (Fsp3) is 0.316. The highest BCUT2D eigenvalue weighted by molar-refractivity contribution is 6.33. The van der Waals surface area contributed by atoms with E-state index in [9.17, 15) is 9.18 Å². The molecule has 1 aliphatic rings. The number of benzene rings is 2. The number of rotatable bonds is 4. The van der Waals surface area contributed by atoms with E-state index in [4.69, 9.17) is 11.6 Å². The van der Waals surface area contributed by atoms with Gasteiger partial charge in [-0.05, 0) is 36.8 Å². The monoisotopic (exact) mass is 362 g/mol. The van der Waals surface area contributed by atoms with Crippen molar-refractivity contribution in [3.8, 4) is 0 Å². The van der Waals surface area contributed by atoms with Crippen molar-refractivity contribution >= 4 is 28.9 Å². The van der Waals surface area contributed by atoms with Gasteiger partial charge in [0.1, 0.15) is 5.82 Å². The first-order chi connectivity index (χ1) is 12.0. The molecule has 2 aromatic rings. The lowest BCUT2D eigenvalue weighted by molar-refractivity contribution is -0.892. The Morgan fingerprint density at radius 2 is 1.96 bits per heavy atom. The summed E-state index contributed by atoms with van der Waals surface area (Å²) in [5.74, 6) is -0.559. The zero-order valence-electron chi connectivity index (χ0n) is 14.2. The van der Waals surface area contributed by atoms with Gasteiger partial charge in [-0.25, -0.2) is 4.39 Å². The predicted molar refractivity (Wildman–Crippen MR) is 99.0 cm³/mol. The molecule has 25 heavy (non-hydrogen) atoms. The van der Waals surface area contributed by atoms with Crippen LogP contribution in [0.3, 0.4) is 0 Å². The minimum absolute atomic E-state index is 0.163. The molecule has 1 heterocycles. The molecule has 3 rings (SSSR count). The number of nitrogens with one attached hydrogen (secondary N) is 2. The maximum atomic E-state index is 13.8. The maximum Gasteiger partial charge on any atom is 0.279 e. The first-order valence-electron chi connectivity index (χ1n) is 8.42. The van der Waals surface area contributed by atoms with Crippen molar-refractivity contribution in [2.75, 3.05) is 42.9 Å². The Morgan fingerprint density at radius 1 is 1.24 bits per heavy atom. The number of para-hydroxylation sites is 1. The van der Waals surface area contributed by atoms with Gasteiger partial charge in [-0.2, -0.15) is 0 Å². The predicted octanol–water partition coefficient (Wildman–Crippen LogP) is 2.13. The quantitative estimate of drug-likeness (QED) is 0.874. The van der Waals surface area contributed by atoms with Crippen LogP contribution in [0.1, 0.15) is 5.56 Å². The number of quaternary nitrogens is 1. The summed E-state index contributed by atoms with van der Waals surface area (Å²) in [6.07, 6.45) is 0. The molecule has 2 N–H and O–H groups in total. The van der Waals surface area contributed by atoms with Gasteiger partial charge in [0.25, 0.3) is 5.91 Å². The summed E-state index contributed by atoms with van der Waals surface area (Å²) >= 11 is 6.25. The summed E-state index contributed by atoms with van der Waals surface area (Å²) in [7, 11) is 0. The number of halogens is 2. The lowest BCUT2D eigenvalue weighted by Gasteiger charge is -2.33. The van der Waals surface area contributed by atoms with Crippen LogP contribution in [0, 0.1) is 12.7 Å². The molecule has 0 aliphatic carbocycles. The summed E-state index contributed by atoms with van der Waals surface area (Å²) in [6.45, 7) is 5.52. The van der Waals surface area contributed by atoms with E-state index in [0.29, 0.717) is 6.54 Å². The standard InChI is InChI=1S/C19H21ClFN3O/c1-14-6-7-17(16(21)12-14)22-19(25)13-23-8-10-24(11-9-23)18-5-3-2-4-15(18)20/h2-7,12H,8-11,13H2,1H3,(H,22,25)/p+1. The Bertz CT molecular complexity index is 760. The summed E-state index contributed by atoms with van der Waals surface area (Å²) in [5.41, 5.74) is 2.11. The molecule has 0 spiro atoms. The third-order valence-electron chi connectivity index (χ3n) is 4.47. The van der Waals surface area contributed by atoms with Crippen molar-refractivity contribution in [2.24, 2.45) is 0 Å². The van der Waals surface area contributed by atoms with Crippen LogP contribution in [0.25, 0.3) is 0 Å². The third-order valence-corrected chi connectivity index (χ3v) is 4.79. The molecule has 2 aromatic carbocycles. The molecule has 1 fully saturated rings. The van der Waals surface area contributed by atoms with Crippen molar-refractivity contribution in [1.29, 1.82) is 0 Å². The van der Waals surface area contributed by atoms with Crippen LogP contribution < -0.4 is 15.1 Å². The number of aryl methyl sites for hydroxylation is 1.